The molecule has 2 aromatic heterocycles. The minimum absolute atomic E-state index is 0.0214. The van der Waals surface area contributed by atoms with Crippen LogP contribution < -0.4 is 9.64 Å². The summed E-state index contributed by atoms with van der Waals surface area (Å²) in [6, 6.07) is 8.82. The molecule has 3 heterocycles. The van der Waals surface area contributed by atoms with Gasteiger partial charge in [0.25, 0.3) is 5.78 Å². The molecule has 9 nitrogen and oxygen atoms in total. The lowest BCUT2D eigenvalue weighted by atomic mass is 9.96. The molecule has 1 aliphatic heterocycles. The average Bonchev–Trinajstić information content (AvgIpc) is 3.39. The van der Waals surface area contributed by atoms with Crippen molar-refractivity contribution < 1.29 is 29.0 Å². The van der Waals surface area contributed by atoms with Gasteiger partial charge in [0.1, 0.15) is 23.0 Å². The number of nitrogens with zero attached hydrogens (tertiary/aromatic N) is 3. The molecule has 1 aromatic carbocycles. The number of ketones is 1. The number of rotatable bonds is 7. The van der Waals surface area contributed by atoms with Crippen molar-refractivity contribution in [2.75, 3.05) is 18.6 Å². The van der Waals surface area contributed by atoms with E-state index in [9.17, 15) is 19.5 Å². The Balaban J connectivity index is 1.87. The van der Waals surface area contributed by atoms with Gasteiger partial charge in [-0.3, -0.25) is 19.5 Å². The number of benzene rings is 1. The fraction of sp³-hybridized carbons (Fsp3) is 0.160. The highest BCUT2D eigenvalue weighted by Crippen LogP contribution is 2.44. The Bertz CT molecular complexity index is 1350. The molecule has 3 aromatic rings. The van der Waals surface area contributed by atoms with Crippen molar-refractivity contribution in [3.8, 4) is 5.75 Å². The first-order valence-electron chi connectivity index (χ1n) is 10.5. The van der Waals surface area contributed by atoms with E-state index in [2.05, 4.69) is 16.5 Å². The van der Waals surface area contributed by atoms with Crippen molar-refractivity contribution in [1.29, 1.82) is 0 Å². The number of methoxy groups -OCH3 is 1. The highest BCUT2D eigenvalue weighted by atomic mass is 32.1. The number of thiazole rings is 1. The van der Waals surface area contributed by atoms with E-state index in [1.165, 1.54) is 30.5 Å². The van der Waals surface area contributed by atoms with Crippen LogP contribution in [0.1, 0.15) is 32.5 Å². The van der Waals surface area contributed by atoms with E-state index in [4.69, 9.17) is 9.47 Å². The van der Waals surface area contributed by atoms with Gasteiger partial charge in [-0.25, -0.2) is 9.78 Å². The zero-order chi connectivity index (χ0) is 25.1. The number of pyridine rings is 1. The van der Waals surface area contributed by atoms with Crippen LogP contribution in [0.15, 0.2) is 67.0 Å². The molecule has 1 amide bonds. The second-order valence-electron chi connectivity index (χ2n) is 7.48. The first kappa shape index (κ1) is 23.8. The van der Waals surface area contributed by atoms with Crippen LogP contribution in [0.25, 0.3) is 5.76 Å². The molecule has 1 saturated heterocycles. The Hall–Kier alpha value is -4.31. The summed E-state index contributed by atoms with van der Waals surface area (Å²) < 4.78 is 10.3. The third-order valence-corrected chi connectivity index (χ3v) is 6.46. The maximum atomic E-state index is 13.2. The number of carbonyl (C=O) groups is 3. The molecule has 0 spiro atoms. The maximum absolute atomic E-state index is 13.2. The molecule has 10 heteroatoms. The number of aryl methyl sites for hydroxylation is 1. The second kappa shape index (κ2) is 9.90. The van der Waals surface area contributed by atoms with E-state index in [0.717, 1.165) is 11.3 Å². The zero-order valence-corrected chi connectivity index (χ0v) is 19.7. The molecule has 178 valence electrons. The van der Waals surface area contributed by atoms with Crippen molar-refractivity contribution in [3.05, 3.63) is 88.7 Å². The van der Waals surface area contributed by atoms with Crippen molar-refractivity contribution in [1.82, 2.24) is 9.97 Å². The molecule has 0 aliphatic carbocycles. The lowest BCUT2D eigenvalue weighted by Gasteiger charge is -2.22. The van der Waals surface area contributed by atoms with Crippen molar-refractivity contribution >= 4 is 39.9 Å². The first-order chi connectivity index (χ1) is 16.9. The molecule has 0 bridgehead atoms. The van der Waals surface area contributed by atoms with Crippen LogP contribution in [0, 0.1) is 6.92 Å². The molecule has 35 heavy (non-hydrogen) atoms. The SMILES string of the molecule is C=CCOC(=O)c1sc(N2C(=O)C(=O)C(=C(O)c3cccc(OC)c3)C2c2ccncc2)nc1C. The Morgan fingerprint density at radius 1 is 1.26 bits per heavy atom. The Morgan fingerprint density at radius 2 is 2.00 bits per heavy atom. The van der Waals surface area contributed by atoms with Crippen LogP contribution >= 0.6 is 11.3 Å². The Labute approximate surface area is 205 Å². The van der Waals surface area contributed by atoms with Gasteiger partial charge in [0.05, 0.1) is 24.4 Å². The second-order valence-corrected chi connectivity index (χ2v) is 8.46. The van der Waals surface area contributed by atoms with E-state index in [-0.39, 0.29) is 27.9 Å². The number of esters is 1. The number of aliphatic hydroxyl groups is 1. The van der Waals surface area contributed by atoms with E-state index in [1.54, 1.807) is 43.3 Å². The summed E-state index contributed by atoms with van der Waals surface area (Å²) in [6.45, 7) is 5.15. The average molecular weight is 492 g/mol. The van der Waals surface area contributed by atoms with E-state index >= 15 is 0 Å². The normalized spacial score (nSPS) is 16.9. The summed E-state index contributed by atoms with van der Waals surface area (Å²) in [5.74, 6) is -2.25. The van der Waals surface area contributed by atoms with Gasteiger partial charge < -0.3 is 14.6 Å². The summed E-state index contributed by atoms with van der Waals surface area (Å²) in [6.07, 6.45) is 4.48. The highest BCUT2D eigenvalue weighted by Gasteiger charge is 2.48. The van der Waals surface area contributed by atoms with Crippen molar-refractivity contribution in [3.63, 3.8) is 0 Å². The van der Waals surface area contributed by atoms with Crippen LogP contribution in [-0.2, 0) is 14.3 Å². The Morgan fingerprint density at radius 3 is 2.69 bits per heavy atom. The molecule has 0 radical (unpaired) electrons. The van der Waals surface area contributed by atoms with Gasteiger partial charge in [-0.15, -0.1) is 0 Å². The molecular formula is C25H21N3O6S. The van der Waals surface area contributed by atoms with Gasteiger partial charge in [-0.1, -0.05) is 36.1 Å². The number of hydrogen-bond donors (Lipinski definition) is 1. The van der Waals surface area contributed by atoms with E-state index < -0.39 is 23.7 Å². The molecule has 1 N–H and O–H groups in total. The van der Waals surface area contributed by atoms with E-state index in [1.807, 2.05) is 0 Å². The number of carbonyl (C=O) groups excluding carboxylic acids is 3. The number of hydrogen-bond acceptors (Lipinski definition) is 9. The number of aromatic nitrogens is 2. The number of Topliss-reactive ketones (excluding diaryl/α,β-unsaturated/α-hetero) is 1. The van der Waals surface area contributed by atoms with Gasteiger partial charge in [0, 0.05) is 18.0 Å². The van der Waals surface area contributed by atoms with Crippen molar-refractivity contribution in [2.24, 2.45) is 0 Å². The van der Waals surface area contributed by atoms with Crippen LogP contribution in [0.3, 0.4) is 0 Å². The predicted octanol–water partition coefficient (Wildman–Crippen LogP) is 3.82. The van der Waals surface area contributed by atoms with Crippen molar-refractivity contribution in [2.45, 2.75) is 13.0 Å². The fourth-order valence-corrected chi connectivity index (χ4v) is 4.68. The Kier molecular flexibility index (Phi) is 6.74. The minimum atomic E-state index is -0.994. The summed E-state index contributed by atoms with van der Waals surface area (Å²) in [7, 11) is 1.48. The zero-order valence-electron chi connectivity index (χ0n) is 18.9. The van der Waals surface area contributed by atoms with Gasteiger partial charge in [-0.05, 0) is 36.8 Å². The minimum Gasteiger partial charge on any atom is -0.507 e. The largest absolute Gasteiger partial charge is 0.507 e. The lowest BCUT2D eigenvalue weighted by Crippen LogP contribution is -2.29. The van der Waals surface area contributed by atoms with Gasteiger partial charge >= 0.3 is 11.9 Å². The monoisotopic (exact) mass is 491 g/mol. The van der Waals surface area contributed by atoms with Crippen LogP contribution in [0.2, 0.25) is 0 Å². The molecular weight excluding hydrogens is 470 g/mol. The van der Waals surface area contributed by atoms with E-state index in [0.29, 0.717) is 22.6 Å². The highest BCUT2D eigenvalue weighted by molar-refractivity contribution is 7.17. The number of amides is 1. The summed E-state index contributed by atoms with van der Waals surface area (Å²) in [5.41, 5.74) is 1.08. The number of ether oxygens (including phenoxy) is 2. The number of aliphatic hydroxyl groups excluding tert-OH is 1. The smallest absolute Gasteiger partial charge is 0.350 e. The van der Waals surface area contributed by atoms with Crippen LogP contribution in [-0.4, -0.2) is 46.5 Å². The first-order valence-corrected chi connectivity index (χ1v) is 11.3. The fourth-order valence-electron chi connectivity index (χ4n) is 3.69. The molecule has 4 rings (SSSR count). The molecule has 1 unspecified atom stereocenters. The summed E-state index contributed by atoms with van der Waals surface area (Å²) in [5, 5.41) is 11.3. The van der Waals surface area contributed by atoms with Crippen LogP contribution in [0.4, 0.5) is 5.13 Å². The third kappa shape index (κ3) is 4.43. The molecule has 0 saturated carbocycles. The third-order valence-electron chi connectivity index (χ3n) is 5.32. The van der Waals surface area contributed by atoms with Gasteiger partial charge in [0.2, 0.25) is 0 Å². The summed E-state index contributed by atoms with van der Waals surface area (Å²) >= 11 is 0.928. The molecule has 1 fully saturated rings. The predicted molar refractivity (Wildman–Crippen MR) is 129 cm³/mol. The van der Waals surface area contributed by atoms with Gasteiger partial charge in [-0.2, -0.15) is 0 Å². The molecule has 1 aliphatic rings. The lowest BCUT2D eigenvalue weighted by molar-refractivity contribution is -0.132. The maximum Gasteiger partial charge on any atom is 0.350 e. The standard InChI is InChI=1S/C25H21N3O6S/c1-4-12-34-24(32)22-14(2)27-25(35-22)28-19(15-8-10-26-11-9-15)18(21(30)23(28)31)20(29)16-6-5-7-17(13-16)33-3/h4-11,13,19,29H,1,12H2,2-3H3. The van der Waals surface area contributed by atoms with Gasteiger partial charge in [0.15, 0.2) is 5.13 Å². The topological polar surface area (TPSA) is 119 Å². The quantitative estimate of drug-likeness (QED) is 0.174. The van der Waals surface area contributed by atoms with Crippen LogP contribution in [0.5, 0.6) is 5.75 Å². The molecule has 1 atom stereocenters. The summed E-state index contributed by atoms with van der Waals surface area (Å²) in [4.78, 5) is 48.7. The number of anilines is 1.